The summed E-state index contributed by atoms with van der Waals surface area (Å²) >= 11 is 0. The summed E-state index contributed by atoms with van der Waals surface area (Å²) in [7, 11) is 0. The van der Waals surface area contributed by atoms with Gasteiger partial charge in [0.05, 0.1) is 13.2 Å². The van der Waals surface area contributed by atoms with Gasteiger partial charge < -0.3 is 33.3 Å². The summed E-state index contributed by atoms with van der Waals surface area (Å²) < 4.78 is 34.6. The Bertz CT molecular complexity index is 1120. The van der Waals surface area contributed by atoms with Crippen LogP contribution in [0.1, 0.15) is 267 Å². The van der Waals surface area contributed by atoms with Crippen LogP contribution >= 0.6 is 0 Å². The molecule has 0 rings (SSSR count). The number of carbonyl (C=O) groups is 4. The van der Waals surface area contributed by atoms with Crippen LogP contribution in [0.3, 0.4) is 0 Å². The van der Waals surface area contributed by atoms with E-state index in [4.69, 9.17) is 28.4 Å². The van der Waals surface area contributed by atoms with Crippen LogP contribution in [0.5, 0.6) is 0 Å². The molecule has 0 spiro atoms. The van der Waals surface area contributed by atoms with E-state index >= 15 is 0 Å². The van der Waals surface area contributed by atoms with Gasteiger partial charge >= 0.3 is 24.2 Å². The van der Waals surface area contributed by atoms with Gasteiger partial charge in [0.15, 0.2) is 0 Å². The van der Waals surface area contributed by atoms with Crippen molar-refractivity contribution >= 4 is 24.2 Å². The van der Waals surface area contributed by atoms with Crippen molar-refractivity contribution in [3.63, 3.8) is 0 Å². The van der Waals surface area contributed by atoms with Crippen LogP contribution < -0.4 is 0 Å². The molecule has 0 saturated heterocycles. The lowest BCUT2D eigenvalue weighted by Gasteiger charge is -2.25. The van der Waals surface area contributed by atoms with E-state index in [0.29, 0.717) is 76.7 Å². The van der Waals surface area contributed by atoms with Crippen LogP contribution in [-0.4, -0.2) is 112 Å². The smallest absolute Gasteiger partial charge is 0.465 e. The van der Waals surface area contributed by atoms with Crippen molar-refractivity contribution in [2.24, 2.45) is 11.8 Å². The lowest BCUT2D eigenvalue weighted by molar-refractivity contribution is -0.146. The molecular weight excluding hydrogens is 897 g/mol. The minimum Gasteiger partial charge on any atom is -0.465 e. The van der Waals surface area contributed by atoms with Crippen LogP contribution in [0.4, 0.5) is 9.59 Å². The largest absolute Gasteiger partial charge is 0.508 e. The fourth-order valence-electron chi connectivity index (χ4n) is 9.24. The van der Waals surface area contributed by atoms with Gasteiger partial charge in [-0.25, -0.2) is 9.59 Å². The highest BCUT2D eigenvalue weighted by molar-refractivity contribution is 5.69. The van der Waals surface area contributed by atoms with Crippen molar-refractivity contribution in [3.8, 4) is 0 Å². The molecule has 0 bridgehead atoms. The first-order valence-electron chi connectivity index (χ1n) is 30.0. The third kappa shape index (κ3) is 43.5. The van der Waals surface area contributed by atoms with E-state index in [9.17, 15) is 19.2 Å². The Morgan fingerprint density at radius 1 is 0.338 bits per heavy atom. The second-order valence-corrected chi connectivity index (χ2v) is 20.5. The lowest BCUT2D eigenvalue weighted by Crippen LogP contribution is -2.35. The molecular formula is C59H114N2O10. The van der Waals surface area contributed by atoms with E-state index in [1.165, 1.54) is 77.0 Å². The van der Waals surface area contributed by atoms with Gasteiger partial charge in [0.1, 0.15) is 25.4 Å². The summed E-state index contributed by atoms with van der Waals surface area (Å²) in [6, 6.07) is 0. The molecule has 0 aliphatic carbocycles. The topological polar surface area (TPSA) is 130 Å². The molecule has 0 aromatic heterocycles. The van der Waals surface area contributed by atoms with E-state index in [2.05, 4.69) is 65.2 Å². The Hall–Kier alpha value is -2.60. The first kappa shape index (κ1) is 68.4. The Morgan fingerprint density at radius 3 is 1.01 bits per heavy atom. The van der Waals surface area contributed by atoms with Gasteiger partial charge in [-0.05, 0) is 121 Å². The molecule has 420 valence electrons. The number of ether oxygens (including phenoxy) is 6. The van der Waals surface area contributed by atoms with Gasteiger partial charge in [-0.2, -0.15) is 0 Å². The third-order valence-corrected chi connectivity index (χ3v) is 14.0. The Morgan fingerprint density at radius 2 is 0.662 bits per heavy atom. The number of unbranched alkanes of at least 4 members (excludes halogenated alkanes) is 14. The Labute approximate surface area is 437 Å². The molecule has 0 N–H and O–H groups in total. The summed E-state index contributed by atoms with van der Waals surface area (Å²) in [4.78, 5) is 56.4. The number of nitrogens with zero attached hydrogens (tertiary/aromatic N) is 2. The number of esters is 2. The average molecular weight is 1010 g/mol. The molecule has 0 aromatic rings. The van der Waals surface area contributed by atoms with Crippen LogP contribution in [0.15, 0.2) is 0 Å². The van der Waals surface area contributed by atoms with Crippen molar-refractivity contribution in [1.29, 1.82) is 0 Å². The van der Waals surface area contributed by atoms with E-state index in [0.717, 1.165) is 122 Å². The summed E-state index contributed by atoms with van der Waals surface area (Å²) in [5.41, 5.74) is 0. The molecule has 12 heteroatoms. The SMILES string of the molecule is CCCCCCC(CCCC(=O)OCC(CCCCC)CCCCC)OC(=O)OCCN(CCCN(CC)CC)CCOC(=O)OC(CCCCCC)CCCC(=O)OCC(CCCCC)CCCCC. The summed E-state index contributed by atoms with van der Waals surface area (Å²) in [5.74, 6) is 0.515. The Balaban J connectivity index is 5.30. The fraction of sp³-hybridized carbons (Fsp3) is 0.932. The van der Waals surface area contributed by atoms with Gasteiger partial charge in [-0.3, -0.25) is 14.5 Å². The maximum atomic E-state index is 13.1. The van der Waals surface area contributed by atoms with Crippen molar-refractivity contribution in [3.05, 3.63) is 0 Å². The highest BCUT2D eigenvalue weighted by atomic mass is 16.7. The average Bonchev–Trinajstić information content (AvgIpc) is 3.35. The van der Waals surface area contributed by atoms with Crippen molar-refractivity contribution in [1.82, 2.24) is 9.80 Å². The zero-order chi connectivity index (χ0) is 52.4. The maximum Gasteiger partial charge on any atom is 0.508 e. The van der Waals surface area contributed by atoms with E-state index in [-0.39, 0.29) is 37.4 Å². The van der Waals surface area contributed by atoms with E-state index < -0.39 is 12.3 Å². The molecule has 0 saturated carbocycles. The number of hydrogen-bond donors (Lipinski definition) is 0. The molecule has 0 fully saturated rings. The summed E-state index contributed by atoms with van der Waals surface area (Å²) in [6.07, 6.45) is 30.6. The molecule has 0 aromatic carbocycles. The maximum absolute atomic E-state index is 13.1. The number of carbonyl (C=O) groups excluding carboxylic acids is 4. The molecule has 2 unspecified atom stereocenters. The second kappa shape index (κ2) is 50.9. The van der Waals surface area contributed by atoms with Crippen molar-refractivity contribution < 1.29 is 47.6 Å². The summed E-state index contributed by atoms with van der Waals surface area (Å²) in [6.45, 7) is 23.4. The molecule has 0 aliphatic rings. The quantitative estimate of drug-likeness (QED) is 0.0327. The zero-order valence-electron chi connectivity index (χ0n) is 47.7. The van der Waals surface area contributed by atoms with Gasteiger partial charge in [-0.15, -0.1) is 0 Å². The lowest BCUT2D eigenvalue weighted by atomic mass is 9.96. The minimum atomic E-state index is -0.690. The van der Waals surface area contributed by atoms with E-state index in [1.54, 1.807) is 0 Å². The molecule has 12 nitrogen and oxygen atoms in total. The fourth-order valence-corrected chi connectivity index (χ4v) is 9.24. The van der Waals surface area contributed by atoms with Crippen LogP contribution in [0.25, 0.3) is 0 Å². The van der Waals surface area contributed by atoms with Gasteiger partial charge in [0.25, 0.3) is 0 Å². The molecule has 2 atom stereocenters. The molecule has 71 heavy (non-hydrogen) atoms. The number of hydrogen-bond acceptors (Lipinski definition) is 12. The van der Waals surface area contributed by atoms with Crippen LogP contribution in [0, 0.1) is 11.8 Å². The van der Waals surface area contributed by atoms with Crippen LogP contribution in [0.2, 0.25) is 0 Å². The second-order valence-electron chi connectivity index (χ2n) is 20.5. The van der Waals surface area contributed by atoms with Gasteiger partial charge in [0, 0.05) is 25.9 Å². The first-order chi connectivity index (χ1) is 34.6. The third-order valence-electron chi connectivity index (χ3n) is 14.0. The van der Waals surface area contributed by atoms with Gasteiger partial charge in [0.2, 0.25) is 0 Å². The highest BCUT2D eigenvalue weighted by Gasteiger charge is 2.21. The monoisotopic (exact) mass is 1010 g/mol. The minimum absolute atomic E-state index is 0.141. The predicted octanol–water partition coefficient (Wildman–Crippen LogP) is 16.0. The van der Waals surface area contributed by atoms with E-state index in [1.807, 2.05) is 0 Å². The normalized spacial score (nSPS) is 12.5. The molecule has 0 amide bonds. The van der Waals surface area contributed by atoms with Crippen molar-refractivity contribution in [2.45, 2.75) is 279 Å². The first-order valence-corrected chi connectivity index (χ1v) is 30.0. The molecule has 0 heterocycles. The van der Waals surface area contributed by atoms with Gasteiger partial charge in [-0.1, -0.05) is 171 Å². The number of rotatable bonds is 52. The molecule has 0 aliphatic heterocycles. The molecule has 0 radical (unpaired) electrons. The standard InChI is InChI=1S/C59H114N2O10/c1-9-17-23-29-38-54(40-31-42-56(62)68-50-52(34-25-19-11-3)35-26-20-12-4)70-58(64)66-48-46-61(45-33-44-60(15-7)16-8)47-49-67-59(65)71-55(39-30-24-18-10-2)41-32-43-57(63)69-51-53(36-27-21-13-5)37-28-22-14-6/h52-55H,9-51H2,1-8H3. The van der Waals surface area contributed by atoms with Crippen LogP contribution in [-0.2, 0) is 38.0 Å². The zero-order valence-corrected chi connectivity index (χ0v) is 47.7. The van der Waals surface area contributed by atoms with Crippen molar-refractivity contribution in [2.75, 3.05) is 65.7 Å². The summed E-state index contributed by atoms with van der Waals surface area (Å²) in [5, 5.41) is 0. The Kier molecular flexibility index (Phi) is 49.0. The highest BCUT2D eigenvalue weighted by Crippen LogP contribution is 2.22. The predicted molar refractivity (Wildman–Crippen MR) is 292 cm³/mol.